The van der Waals surface area contributed by atoms with Crippen LogP contribution in [0.15, 0.2) is 36.4 Å². The molecule has 30 nitrogen and oxygen atoms in total. The molecule has 0 N–H and O–H groups in total. The van der Waals surface area contributed by atoms with Crippen LogP contribution in [0.4, 0.5) is 0 Å². The molecule has 0 unspecified atom stereocenters. The smallest absolute Gasteiger partial charge is 0.187 e. The van der Waals surface area contributed by atoms with E-state index in [0.717, 1.165) is 21.9 Å². The Kier molecular flexibility index (Phi) is 27.8. The minimum Gasteiger partial charge on any atom is -0.382 e. The zero-order valence-corrected chi connectivity index (χ0v) is 56.7. The summed E-state index contributed by atoms with van der Waals surface area (Å²) in [6.45, 7) is 0.106. The van der Waals surface area contributed by atoms with Gasteiger partial charge in [0.15, 0.2) is 37.7 Å². The number of rotatable bonds is 22. The average molecular weight is 1350 g/mol. The topological polar surface area (TPSA) is 277 Å². The van der Waals surface area contributed by atoms with Crippen molar-refractivity contribution in [2.45, 2.75) is 197 Å². The van der Waals surface area contributed by atoms with E-state index in [0.29, 0.717) is 0 Å². The van der Waals surface area contributed by atoms with Crippen molar-refractivity contribution >= 4 is 10.8 Å². The van der Waals surface area contributed by atoms with E-state index in [1.54, 1.807) is 42.7 Å². The molecular formula is C64H100O30. The van der Waals surface area contributed by atoms with Crippen LogP contribution >= 0.6 is 0 Å². The van der Waals surface area contributed by atoms with Crippen molar-refractivity contribution in [2.75, 3.05) is 153 Å². The number of benzene rings is 2. The molecule has 94 heavy (non-hydrogen) atoms. The summed E-state index contributed by atoms with van der Waals surface area (Å²) in [5.74, 6) is 0. The van der Waals surface area contributed by atoms with Gasteiger partial charge >= 0.3 is 0 Å². The molecule has 536 valence electrons. The van der Waals surface area contributed by atoms with Crippen molar-refractivity contribution in [3.63, 3.8) is 0 Å². The fourth-order valence-corrected chi connectivity index (χ4v) is 14.7. The van der Waals surface area contributed by atoms with Crippen molar-refractivity contribution in [3.8, 4) is 0 Å². The van der Waals surface area contributed by atoms with E-state index < -0.39 is 184 Å². The Labute approximate surface area is 549 Å². The molecule has 0 aliphatic carbocycles. The minimum absolute atomic E-state index is 0.0133. The van der Waals surface area contributed by atoms with Gasteiger partial charge in [-0.15, -0.1) is 0 Å². The molecule has 25 rings (SSSR count). The quantitative estimate of drug-likeness (QED) is 0.161. The van der Waals surface area contributed by atoms with E-state index in [1.165, 1.54) is 71.1 Å². The van der Waals surface area contributed by atoms with Crippen LogP contribution in [0.1, 0.15) is 11.1 Å². The largest absolute Gasteiger partial charge is 0.382 e. The molecule has 0 radical (unpaired) electrons. The first-order chi connectivity index (χ1) is 45.9. The highest BCUT2D eigenvalue weighted by atomic mass is 16.8. The molecule has 30 atom stereocenters. The first-order valence-electron chi connectivity index (χ1n) is 31.7. The van der Waals surface area contributed by atoms with E-state index in [9.17, 15) is 0 Å². The van der Waals surface area contributed by atoms with Gasteiger partial charge in [0.05, 0.1) is 52.9 Å². The summed E-state index contributed by atoms with van der Waals surface area (Å²) >= 11 is 0. The van der Waals surface area contributed by atoms with Crippen LogP contribution in [-0.4, -0.2) is 338 Å². The third kappa shape index (κ3) is 15.4. The maximum atomic E-state index is 7.30. The summed E-state index contributed by atoms with van der Waals surface area (Å²) in [5, 5.41) is 1.99. The lowest BCUT2D eigenvalue weighted by atomic mass is 9.94. The summed E-state index contributed by atoms with van der Waals surface area (Å²) in [4.78, 5) is 0. The molecule has 2 aromatic rings. The summed E-state index contributed by atoms with van der Waals surface area (Å²) < 4.78 is 198. The zero-order chi connectivity index (χ0) is 66.7. The Balaban J connectivity index is 1.09. The van der Waals surface area contributed by atoms with Crippen molar-refractivity contribution in [1.29, 1.82) is 0 Å². The van der Waals surface area contributed by atoms with Gasteiger partial charge in [-0.3, -0.25) is 0 Å². The first-order valence-corrected chi connectivity index (χ1v) is 31.7. The second-order valence-electron chi connectivity index (χ2n) is 24.1. The van der Waals surface area contributed by atoms with Gasteiger partial charge in [0.2, 0.25) is 0 Å². The Bertz CT molecular complexity index is 2560. The Morgan fingerprint density at radius 2 is 0.489 bits per heavy atom. The molecule has 22 saturated heterocycles. The first kappa shape index (κ1) is 74.2. The predicted molar refractivity (Wildman–Crippen MR) is 322 cm³/mol. The molecule has 0 saturated carbocycles. The molecule has 23 aliphatic rings. The lowest BCUT2D eigenvalue weighted by Gasteiger charge is -2.53. The summed E-state index contributed by atoms with van der Waals surface area (Å²) in [6, 6.07) is 12.2. The Hall–Kier alpha value is -2.50. The fraction of sp³-hybridized carbons (Fsp3) is 0.844. The molecule has 22 fully saturated rings. The van der Waals surface area contributed by atoms with Gasteiger partial charge in [-0.05, 0) is 21.9 Å². The van der Waals surface area contributed by atoms with Crippen molar-refractivity contribution < 1.29 is 142 Å². The molecule has 0 aromatic heterocycles. The van der Waals surface area contributed by atoms with E-state index in [4.69, 9.17) is 142 Å². The maximum Gasteiger partial charge on any atom is 0.187 e. The Morgan fingerprint density at radius 3 is 0.755 bits per heavy atom. The highest BCUT2D eigenvalue weighted by molar-refractivity contribution is 5.88. The number of hydrogen-bond acceptors (Lipinski definition) is 30. The molecule has 12 bridgehead atoms. The van der Waals surface area contributed by atoms with Crippen molar-refractivity contribution in [1.82, 2.24) is 0 Å². The standard InChI is InChI=1S/C64H100O30/c1-65-25-34-41-47(71-7)53(76-12)59(83-34)90-42-35(26-66-2)85-61(55(78-14)48(42)72-8)92-44-37(28-68-4)87-63(57(80-16)50(44)74-10)94-46-39(30-70-6)88-64(58-52(46)81-23-32-21-17-19-31-20-18-22-33(24-82-58)40(31)32)93-45-38(29-69-5)86-62(56(79-15)51(45)75-11)91-43-36(27-67-3)84-60(89-41)54(77-13)49(43)73-9/h17-22,34-39,41-64H,23-30H2,1-16H3/t34-,35-,36-,37-,38-,39-,41-,42-,43-,44-,45-,46-,47+,48+,49+,50+,51+,52+,53-,54-,55-,56-,57-,58-,59-,60-,61-,62-,63-,64-/m1/s1. The van der Waals surface area contributed by atoms with Crippen LogP contribution in [0.5, 0.6) is 0 Å². The van der Waals surface area contributed by atoms with E-state index in [1.807, 2.05) is 24.3 Å². The van der Waals surface area contributed by atoms with Gasteiger partial charge in [0, 0.05) is 114 Å². The highest BCUT2D eigenvalue weighted by Crippen LogP contribution is 2.43. The lowest BCUT2D eigenvalue weighted by molar-refractivity contribution is -0.411. The van der Waals surface area contributed by atoms with Gasteiger partial charge < -0.3 is 142 Å². The van der Waals surface area contributed by atoms with E-state index in [-0.39, 0.29) is 52.9 Å². The second-order valence-corrected chi connectivity index (χ2v) is 24.1. The van der Waals surface area contributed by atoms with Crippen LogP contribution in [0.3, 0.4) is 0 Å². The zero-order valence-electron chi connectivity index (χ0n) is 56.7. The molecule has 2 aromatic carbocycles. The monoisotopic (exact) mass is 1350 g/mol. The number of hydrogen-bond donors (Lipinski definition) is 0. The number of ether oxygens (including phenoxy) is 30. The van der Waals surface area contributed by atoms with Crippen LogP contribution < -0.4 is 0 Å². The summed E-state index contributed by atoms with van der Waals surface area (Å²) in [5.41, 5.74) is 1.84. The molecule has 23 heterocycles. The van der Waals surface area contributed by atoms with Gasteiger partial charge in [0.25, 0.3) is 0 Å². The van der Waals surface area contributed by atoms with Gasteiger partial charge in [0.1, 0.15) is 146 Å². The van der Waals surface area contributed by atoms with Crippen LogP contribution in [0.2, 0.25) is 0 Å². The average Bonchev–Trinajstić information content (AvgIpc) is 1.00. The summed E-state index contributed by atoms with van der Waals surface area (Å²) in [7, 11) is 24.5. The highest BCUT2D eigenvalue weighted by Gasteiger charge is 2.61. The van der Waals surface area contributed by atoms with Crippen molar-refractivity contribution in [3.05, 3.63) is 47.5 Å². The number of methoxy groups -OCH3 is 16. The summed E-state index contributed by atoms with van der Waals surface area (Å²) in [6.07, 6.45) is -30.5. The van der Waals surface area contributed by atoms with Crippen LogP contribution in [0.25, 0.3) is 10.8 Å². The van der Waals surface area contributed by atoms with E-state index >= 15 is 0 Å². The van der Waals surface area contributed by atoms with E-state index in [2.05, 4.69) is 12.1 Å². The molecule has 23 aliphatic heterocycles. The van der Waals surface area contributed by atoms with Crippen molar-refractivity contribution in [2.24, 2.45) is 0 Å². The molecule has 0 amide bonds. The molecule has 0 spiro atoms. The lowest BCUT2D eigenvalue weighted by Crippen LogP contribution is -2.70. The van der Waals surface area contributed by atoms with Gasteiger partial charge in [-0.25, -0.2) is 0 Å². The maximum absolute atomic E-state index is 7.30. The predicted octanol–water partition coefficient (Wildman–Crippen LogP) is 1.33. The SMILES string of the molecule is COC[C@H]1O[C@@H]2O[C@H]3[C@H](OC)[C@@H](OC)[C@@H](O[C@H]4[C@H](OC)[C@@H](OC)[C@@H](O[C@H]5[C@@H]6OCc7cccc8cccc(c78)CO[C@H]6[C@@H](O[C@H]6[C@H](OC)[C@@H](OC)[C@@H](O[C@H]7[C@H](OC)[C@@H](OC)[C@@H](O[C@H]1[C@H](OC)[C@H]2OC)O[C@@H]7COC)O[C@@H]6COC)O[C@@H]5COC)O[C@@H]4COC)O[C@@H]3COC. The molecular weight excluding hydrogens is 1250 g/mol. The third-order valence-electron chi connectivity index (χ3n) is 18.9. The minimum atomic E-state index is -1.24. The normalized spacial score (nSPS) is 43.1. The Morgan fingerprint density at radius 1 is 0.255 bits per heavy atom. The van der Waals surface area contributed by atoms with Crippen LogP contribution in [0, 0.1) is 0 Å². The molecule has 30 heteroatoms. The van der Waals surface area contributed by atoms with Crippen LogP contribution in [-0.2, 0) is 155 Å². The second kappa shape index (κ2) is 35.2. The third-order valence-corrected chi connectivity index (χ3v) is 18.9. The van der Waals surface area contributed by atoms with Gasteiger partial charge in [-0.2, -0.15) is 0 Å². The van der Waals surface area contributed by atoms with Gasteiger partial charge in [-0.1, -0.05) is 36.4 Å². The fourth-order valence-electron chi connectivity index (χ4n) is 14.7.